The van der Waals surface area contributed by atoms with Crippen LogP contribution in [-0.4, -0.2) is 9.78 Å². The summed E-state index contributed by atoms with van der Waals surface area (Å²) in [7, 11) is 0. The maximum Gasteiger partial charge on any atom is 0.149 e. The zero-order valence-corrected chi connectivity index (χ0v) is 9.49. The van der Waals surface area contributed by atoms with Crippen molar-refractivity contribution in [2.24, 2.45) is 0 Å². The Kier molecular flexibility index (Phi) is 2.35. The highest BCUT2D eigenvalue weighted by Crippen LogP contribution is 2.28. The number of fused-ring (bicyclic) bond motifs is 1. The quantitative estimate of drug-likeness (QED) is 0.819. The summed E-state index contributed by atoms with van der Waals surface area (Å²) in [6.07, 6.45) is 4.26. The van der Waals surface area contributed by atoms with Crippen LogP contribution in [0.5, 0.6) is 0 Å². The van der Waals surface area contributed by atoms with Gasteiger partial charge in [0, 0.05) is 11.3 Å². The van der Waals surface area contributed by atoms with E-state index in [2.05, 4.69) is 5.10 Å². The molecule has 0 atom stereocenters. The largest absolute Gasteiger partial charge is 0.382 e. The fourth-order valence-corrected chi connectivity index (χ4v) is 2.45. The first-order valence-corrected chi connectivity index (χ1v) is 5.88. The Bertz CT molecular complexity index is 560. The summed E-state index contributed by atoms with van der Waals surface area (Å²) in [6, 6.07) is 6.46. The number of halogens is 1. The van der Waals surface area contributed by atoms with Gasteiger partial charge in [-0.2, -0.15) is 5.10 Å². The molecule has 0 saturated heterocycles. The topological polar surface area (TPSA) is 43.8 Å². The van der Waals surface area contributed by atoms with E-state index in [-0.39, 0.29) is 5.82 Å². The second-order valence-electron chi connectivity index (χ2n) is 4.41. The van der Waals surface area contributed by atoms with E-state index in [1.54, 1.807) is 10.7 Å². The monoisotopic (exact) mass is 231 g/mol. The van der Waals surface area contributed by atoms with Crippen LogP contribution in [-0.2, 0) is 12.8 Å². The van der Waals surface area contributed by atoms with Crippen LogP contribution in [0.15, 0.2) is 24.3 Å². The minimum absolute atomic E-state index is 0.249. The predicted octanol–water partition coefficient (Wildman–Crippen LogP) is 2.47. The normalized spacial score (nSPS) is 14.6. The van der Waals surface area contributed by atoms with Crippen molar-refractivity contribution in [3.8, 4) is 5.69 Å². The molecule has 3 nitrogen and oxygen atoms in total. The first-order valence-electron chi connectivity index (χ1n) is 5.88. The summed E-state index contributed by atoms with van der Waals surface area (Å²) in [5.74, 6) is 0.338. The third-order valence-corrected chi connectivity index (χ3v) is 3.26. The number of anilines is 1. The molecule has 1 heterocycles. The molecule has 3 rings (SSSR count). The molecular formula is C13H14FN3. The number of hydrogen-bond donors (Lipinski definition) is 1. The molecule has 1 aliphatic carbocycles. The lowest BCUT2D eigenvalue weighted by Crippen LogP contribution is -2.07. The molecule has 1 aromatic carbocycles. The highest BCUT2D eigenvalue weighted by molar-refractivity contribution is 5.48. The van der Waals surface area contributed by atoms with Crippen molar-refractivity contribution >= 4 is 5.82 Å². The number of nitrogens with zero attached hydrogens (tertiary/aromatic N) is 2. The summed E-state index contributed by atoms with van der Waals surface area (Å²) >= 11 is 0. The highest BCUT2D eigenvalue weighted by Gasteiger charge is 2.19. The second-order valence-corrected chi connectivity index (χ2v) is 4.41. The zero-order chi connectivity index (χ0) is 11.8. The van der Waals surface area contributed by atoms with E-state index < -0.39 is 0 Å². The van der Waals surface area contributed by atoms with Crippen LogP contribution in [0.2, 0.25) is 0 Å². The third kappa shape index (κ3) is 1.69. The Balaban J connectivity index is 2.15. The number of rotatable bonds is 1. The highest BCUT2D eigenvalue weighted by atomic mass is 19.1. The van der Waals surface area contributed by atoms with Gasteiger partial charge in [0.1, 0.15) is 11.6 Å². The number of aromatic nitrogens is 2. The Morgan fingerprint density at radius 2 is 2.06 bits per heavy atom. The molecule has 0 spiro atoms. The lowest BCUT2D eigenvalue weighted by molar-refractivity contribution is 0.621. The van der Waals surface area contributed by atoms with Gasteiger partial charge in [-0.05, 0) is 43.9 Å². The molecule has 0 amide bonds. The second kappa shape index (κ2) is 3.87. The van der Waals surface area contributed by atoms with Crippen LogP contribution in [0.1, 0.15) is 24.1 Å². The van der Waals surface area contributed by atoms with Crippen molar-refractivity contribution < 1.29 is 4.39 Å². The molecule has 0 radical (unpaired) electrons. The molecule has 0 saturated carbocycles. The maximum absolute atomic E-state index is 13.2. The van der Waals surface area contributed by atoms with Gasteiger partial charge < -0.3 is 5.73 Å². The molecule has 0 aliphatic heterocycles. The van der Waals surface area contributed by atoms with Crippen molar-refractivity contribution in [1.29, 1.82) is 0 Å². The summed E-state index contributed by atoms with van der Waals surface area (Å²) in [5.41, 5.74) is 8.94. The molecule has 0 unspecified atom stereocenters. The number of nitrogen functional groups attached to an aromatic ring is 1. The van der Waals surface area contributed by atoms with Crippen LogP contribution < -0.4 is 5.73 Å². The van der Waals surface area contributed by atoms with Gasteiger partial charge in [-0.25, -0.2) is 9.07 Å². The van der Waals surface area contributed by atoms with Gasteiger partial charge in [0.15, 0.2) is 0 Å². The fraction of sp³-hybridized carbons (Fsp3) is 0.308. The number of nitrogens with two attached hydrogens (primary N) is 1. The Labute approximate surface area is 99.1 Å². The van der Waals surface area contributed by atoms with E-state index in [9.17, 15) is 4.39 Å². The lowest BCUT2D eigenvalue weighted by Gasteiger charge is -2.13. The van der Waals surface area contributed by atoms with Crippen molar-refractivity contribution in [3.05, 3.63) is 41.3 Å². The summed E-state index contributed by atoms with van der Waals surface area (Å²) < 4.78 is 15.0. The van der Waals surface area contributed by atoms with Crippen LogP contribution in [0, 0.1) is 5.82 Å². The van der Waals surface area contributed by atoms with Crippen molar-refractivity contribution in [1.82, 2.24) is 9.78 Å². The smallest absolute Gasteiger partial charge is 0.149 e. The van der Waals surface area contributed by atoms with E-state index in [1.165, 1.54) is 12.1 Å². The first-order chi connectivity index (χ1) is 8.25. The van der Waals surface area contributed by atoms with Gasteiger partial charge in [0.2, 0.25) is 0 Å². The van der Waals surface area contributed by atoms with Gasteiger partial charge in [0.25, 0.3) is 0 Å². The Morgan fingerprint density at radius 3 is 2.88 bits per heavy atom. The van der Waals surface area contributed by atoms with Gasteiger partial charge in [-0.1, -0.05) is 6.07 Å². The van der Waals surface area contributed by atoms with E-state index in [0.29, 0.717) is 5.82 Å². The van der Waals surface area contributed by atoms with Gasteiger partial charge in [-0.3, -0.25) is 0 Å². The Hall–Kier alpha value is -1.84. The maximum atomic E-state index is 13.2. The van der Waals surface area contributed by atoms with E-state index >= 15 is 0 Å². The lowest BCUT2D eigenvalue weighted by atomic mass is 9.97. The molecule has 0 bridgehead atoms. The van der Waals surface area contributed by atoms with E-state index in [4.69, 9.17) is 5.73 Å². The molecule has 88 valence electrons. The standard InChI is InChI=1S/C13H14FN3/c14-9-4-3-5-10(8-9)17-12-7-2-1-6-11(12)13(15)16-17/h3-5,8H,1-2,6-7H2,(H2,15,16). The zero-order valence-electron chi connectivity index (χ0n) is 9.49. The van der Waals surface area contributed by atoms with E-state index in [0.717, 1.165) is 42.6 Å². The van der Waals surface area contributed by atoms with E-state index in [1.807, 2.05) is 6.07 Å². The van der Waals surface area contributed by atoms with Crippen LogP contribution in [0.3, 0.4) is 0 Å². The minimum Gasteiger partial charge on any atom is -0.382 e. The first kappa shape index (κ1) is 10.3. The Morgan fingerprint density at radius 1 is 1.24 bits per heavy atom. The molecule has 4 heteroatoms. The van der Waals surface area contributed by atoms with Crippen molar-refractivity contribution in [2.75, 3.05) is 5.73 Å². The molecular weight excluding hydrogens is 217 g/mol. The van der Waals surface area contributed by atoms with Gasteiger partial charge in [-0.15, -0.1) is 0 Å². The van der Waals surface area contributed by atoms with Gasteiger partial charge >= 0.3 is 0 Å². The molecule has 1 aromatic heterocycles. The van der Waals surface area contributed by atoms with Gasteiger partial charge in [0.05, 0.1) is 5.69 Å². The van der Waals surface area contributed by atoms with Crippen molar-refractivity contribution in [2.45, 2.75) is 25.7 Å². The summed E-state index contributed by atoms with van der Waals surface area (Å²) in [5, 5.41) is 4.33. The molecule has 2 N–H and O–H groups in total. The predicted molar refractivity (Wildman–Crippen MR) is 64.6 cm³/mol. The summed E-state index contributed by atoms with van der Waals surface area (Å²) in [6.45, 7) is 0. The fourth-order valence-electron chi connectivity index (χ4n) is 2.45. The molecule has 0 fully saturated rings. The third-order valence-electron chi connectivity index (χ3n) is 3.26. The molecule has 1 aliphatic rings. The average Bonchev–Trinajstić information content (AvgIpc) is 2.68. The van der Waals surface area contributed by atoms with Crippen LogP contribution in [0.25, 0.3) is 5.69 Å². The SMILES string of the molecule is Nc1nn(-c2cccc(F)c2)c2c1CCCC2. The van der Waals surface area contributed by atoms with Crippen LogP contribution in [0.4, 0.5) is 10.2 Å². The average molecular weight is 231 g/mol. The minimum atomic E-state index is -0.249. The molecule has 17 heavy (non-hydrogen) atoms. The number of hydrogen-bond acceptors (Lipinski definition) is 2. The number of benzene rings is 1. The molecule has 2 aromatic rings. The van der Waals surface area contributed by atoms with Crippen LogP contribution >= 0.6 is 0 Å². The van der Waals surface area contributed by atoms with Crippen molar-refractivity contribution in [3.63, 3.8) is 0 Å². The summed E-state index contributed by atoms with van der Waals surface area (Å²) in [4.78, 5) is 0.